The largest absolute Gasteiger partial charge is 0.378 e. The van der Waals surface area contributed by atoms with Crippen molar-refractivity contribution in [2.24, 2.45) is 17.8 Å². The number of hydrogen-bond donors (Lipinski definition) is 1. The molecular weight excluding hydrogens is 412 g/mol. The molecule has 0 spiro atoms. The zero-order valence-electron chi connectivity index (χ0n) is 19.2. The van der Waals surface area contributed by atoms with Gasteiger partial charge in [-0.3, -0.25) is 4.57 Å². The molecule has 0 amide bonds. The molecule has 170 valence electrons. The Balaban J connectivity index is 2.05. The molecule has 0 bridgehead atoms. The zero-order chi connectivity index (χ0) is 22.8. The highest BCUT2D eigenvalue weighted by Gasteiger charge is 2.43. The van der Waals surface area contributed by atoms with Gasteiger partial charge < -0.3 is 14.5 Å². The molecule has 2 aromatic carbocycles. The van der Waals surface area contributed by atoms with Gasteiger partial charge in [0.25, 0.3) is 7.37 Å². The molecule has 0 radical (unpaired) electrons. The minimum Gasteiger partial charge on any atom is -0.378 e. The van der Waals surface area contributed by atoms with Crippen molar-refractivity contribution in [1.29, 1.82) is 0 Å². The molecule has 0 saturated heterocycles. The first-order chi connectivity index (χ1) is 14.6. The molecule has 1 aliphatic carbocycles. The van der Waals surface area contributed by atoms with Crippen molar-refractivity contribution in [3.8, 4) is 0 Å². The third-order valence-electron chi connectivity index (χ3n) is 6.48. The third-order valence-corrected chi connectivity index (χ3v) is 9.01. The number of anilines is 1. The van der Waals surface area contributed by atoms with Gasteiger partial charge in [0.1, 0.15) is 5.82 Å². The summed E-state index contributed by atoms with van der Waals surface area (Å²) >= 11 is 0. The van der Waals surface area contributed by atoms with Crippen LogP contribution in [0.3, 0.4) is 0 Å². The van der Waals surface area contributed by atoms with Crippen LogP contribution in [0.15, 0.2) is 48.5 Å². The number of halogens is 1. The second-order valence-corrected chi connectivity index (χ2v) is 11.8. The van der Waals surface area contributed by atoms with Crippen LogP contribution < -0.4 is 10.2 Å². The molecule has 0 aliphatic heterocycles. The van der Waals surface area contributed by atoms with Crippen LogP contribution >= 0.6 is 7.37 Å². The van der Waals surface area contributed by atoms with Crippen molar-refractivity contribution in [3.63, 3.8) is 0 Å². The minimum absolute atomic E-state index is 0.00692. The maximum atomic E-state index is 14.6. The second kappa shape index (κ2) is 9.85. The molecule has 4 nitrogen and oxygen atoms in total. The minimum atomic E-state index is -3.84. The Hall–Kier alpha value is -1.68. The summed E-state index contributed by atoms with van der Waals surface area (Å²) in [5.74, 6) is -1.08. The van der Waals surface area contributed by atoms with Crippen LogP contribution in [0, 0.1) is 23.6 Å². The average Bonchev–Trinajstić information content (AvgIpc) is 2.73. The highest BCUT2D eigenvalue weighted by Crippen LogP contribution is 2.60. The Morgan fingerprint density at radius 1 is 1.10 bits per heavy atom. The first-order valence-corrected chi connectivity index (χ1v) is 12.8. The van der Waals surface area contributed by atoms with Crippen LogP contribution in [0.1, 0.15) is 51.4 Å². The molecular formula is C25H35FNO3P. The summed E-state index contributed by atoms with van der Waals surface area (Å²) in [6.07, 6.45) is 2.65. The van der Waals surface area contributed by atoms with Crippen LogP contribution in [0.25, 0.3) is 0 Å². The van der Waals surface area contributed by atoms with E-state index in [0.29, 0.717) is 17.1 Å². The summed E-state index contributed by atoms with van der Waals surface area (Å²) in [7, 11) is 0.0164. The maximum absolute atomic E-state index is 14.6. The summed E-state index contributed by atoms with van der Waals surface area (Å²) in [6, 6.07) is 13.1. The highest BCUT2D eigenvalue weighted by molar-refractivity contribution is 7.67. The van der Waals surface area contributed by atoms with Gasteiger partial charge in [-0.2, -0.15) is 0 Å². The molecule has 1 N–H and O–H groups in total. The molecule has 0 unspecified atom stereocenters. The van der Waals surface area contributed by atoms with Crippen LogP contribution in [0.4, 0.5) is 10.1 Å². The molecule has 0 heterocycles. The second-order valence-electron chi connectivity index (χ2n) is 9.37. The molecule has 0 aromatic heterocycles. The highest BCUT2D eigenvalue weighted by atomic mass is 31.2. The summed E-state index contributed by atoms with van der Waals surface area (Å²) in [6.45, 7) is 6.49. The Morgan fingerprint density at radius 3 is 2.32 bits per heavy atom. The fraction of sp³-hybridized carbons (Fsp3) is 0.520. The van der Waals surface area contributed by atoms with Crippen molar-refractivity contribution in [1.82, 2.24) is 0 Å². The average molecular weight is 448 g/mol. The molecule has 1 saturated carbocycles. The van der Waals surface area contributed by atoms with Gasteiger partial charge in [0.15, 0.2) is 5.85 Å². The van der Waals surface area contributed by atoms with Crippen molar-refractivity contribution < 1.29 is 18.6 Å². The van der Waals surface area contributed by atoms with Gasteiger partial charge in [0.2, 0.25) is 0 Å². The molecule has 1 fully saturated rings. The number of nitrogens with zero attached hydrogens (tertiary/aromatic N) is 1. The molecule has 2 aromatic rings. The first-order valence-electron chi connectivity index (χ1n) is 11.1. The lowest BCUT2D eigenvalue weighted by Crippen LogP contribution is -2.35. The normalized spacial score (nSPS) is 24.6. The predicted molar refractivity (Wildman–Crippen MR) is 126 cm³/mol. The van der Waals surface area contributed by atoms with Gasteiger partial charge in [0, 0.05) is 30.7 Å². The van der Waals surface area contributed by atoms with Gasteiger partial charge in [-0.25, -0.2) is 4.39 Å². The van der Waals surface area contributed by atoms with E-state index >= 15 is 0 Å². The van der Waals surface area contributed by atoms with Crippen LogP contribution in [-0.4, -0.2) is 25.3 Å². The van der Waals surface area contributed by atoms with E-state index in [9.17, 15) is 14.1 Å². The topological polar surface area (TPSA) is 49.8 Å². The van der Waals surface area contributed by atoms with E-state index in [4.69, 9.17) is 4.52 Å². The van der Waals surface area contributed by atoms with E-state index in [1.807, 2.05) is 31.1 Å². The number of aliphatic hydroxyl groups is 1. The Bertz CT molecular complexity index is 915. The fourth-order valence-electron chi connectivity index (χ4n) is 4.52. The number of benzene rings is 2. The predicted octanol–water partition coefficient (Wildman–Crippen LogP) is 5.96. The fourth-order valence-corrected chi connectivity index (χ4v) is 6.83. The lowest BCUT2D eigenvalue weighted by Gasteiger charge is -2.40. The van der Waals surface area contributed by atoms with Crippen LogP contribution in [-0.2, 0) is 9.09 Å². The SMILES string of the molecule is CC(C)[C@H]1CC[C@@H](C)C[C@H]1O[P@](=O)(c1ccc(N(C)C)cc1)[C@@H](O)c1ccccc1F. The summed E-state index contributed by atoms with van der Waals surface area (Å²) in [5.41, 5.74) is 0.953. The van der Waals surface area contributed by atoms with Gasteiger partial charge in [-0.1, -0.05) is 45.4 Å². The van der Waals surface area contributed by atoms with Crippen molar-refractivity contribution in [3.05, 3.63) is 59.9 Å². The van der Waals surface area contributed by atoms with Crippen molar-refractivity contribution in [2.45, 2.75) is 52.0 Å². The zero-order valence-corrected chi connectivity index (χ0v) is 20.1. The maximum Gasteiger partial charge on any atom is 0.264 e. The van der Waals surface area contributed by atoms with Crippen molar-refractivity contribution in [2.75, 3.05) is 19.0 Å². The van der Waals surface area contributed by atoms with Crippen LogP contribution in [0.5, 0.6) is 0 Å². The monoisotopic (exact) mass is 447 g/mol. The number of hydrogen-bond acceptors (Lipinski definition) is 4. The Kier molecular flexibility index (Phi) is 7.62. The van der Waals surface area contributed by atoms with E-state index in [2.05, 4.69) is 20.8 Å². The first kappa shape index (κ1) is 24.0. The van der Waals surface area contributed by atoms with E-state index in [-0.39, 0.29) is 17.6 Å². The summed E-state index contributed by atoms with van der Waals surface area (Å²) in [5, 5.41) is 11.6. The number of aliphatic hydroxyl groups excluding tert-OH is 1. The van der Waals surface area contributed by atoms with E-state index in [1.165, 1.54) is 12.1 Å². The molecule has 5 atom stereocenters. The van der Waals surface area contributed by atoms with Gasteiger partial charge in [0.05, 0.1) is 6.10 Å². The quantitative estimate of drug-likeness (QED) is 0.532. The Labute approximate surface area is 185 Å². The van der Waals surface area contributed by atoms with E-state index in [0.717, 1.165) is 24.9 Å². The standard InChI is InChI=1S/C25H35FNO3P/c1-17(2)21-15-10-18(3)16-24(21)30-31(29,20-13-11-19(12-14-20)27(4)5)25(28)22-8-6-7-9-23(22)26/h6-9,11-14,17-18,21,24-25,28H,10,15-16H2,1-5H3/t18-,21-,24-,25-,31-/m1/s1. The number of rotatable bonds is 7. The van der Waals surface area contributed by atoms with Gasteiger partial charge >= 0.3 is 0 Å². The third kappa shape index (κ3) is 5.22. The summed E-state index contributed by atoms with van der Waals surface area (Å²) in [4.78, 5) is 1.94. The van der Waals surface area contributed by atoms with Gasteiger partial charge in [-0.05, 0) is 60.9 Å². The molecule has 31 heavy (non-hydrogen) atoms. The lowest BCUT2D eigenvalue weighted by molar-refractivity contribution is 0.0425. The Morgan fingerprint density at radius 2 is 1.74 bits per heavy atom. The van der Waals surface area contributed by atoms with Gasteiger partial charge in [-0.15, -0.1) is 0 Å². The van der Waals surface area contributed by atoms with E-state index in [1.54, 1.807) is 24.3 Å². The molecule has 3 rings (SSSR count). The molecule has 6 heteroatoms. The molecule has 1 aliphatic rings. The van der Waals surface area contributed by atoms with Crippen LogP contribution in [0.2, 0.25) is 0 Å². The van der Waals surface area contributed by atoms with Crippen molar-refractivity contribution >= 4 is 18.4 Å². The smallest absolute Gasteiger partial charge is 0.264 e. The summed E-state index contributed by atoms with van der Waals surface area (Å²) < 4.78 is 35.4. The van der Waals surface area contributed by atoms with E-state index < -0.39 is 19.0 Å². The lowest BCUT2D eigenvalue weighted by atomic mass is 9.75.